The van der Waals surface area contributed by atoms with Crippen molar-refractivity contribution < 1.29 is 9.90 Å². The van der Waals surface area contributed by atoms with Crippen molar-refractivity contribution in [2.45, 2.75) is 38.5 Å². The van der Waals surface area contributed by atoms with Gasteiger partial charge in [-0.05, 0) is 19.3 Å². The van der Waals surface area contributed by atoms with E-state index in [1.165, 1.54) is 19.3 Å². The average Bonchev–Trinajstić information content (AvgIpc) is 2.41. The van der Waals surface area contributed by atoms with Crippen molar-refractivity contribution in [2.24, 2.45) is 7.05 Å². The lowest BCUT2D eigenvalue weighted by atomic mass is 9.81. The van der Waals surface area contributed by atoms with Crippen LogP contribution in [0.25, 0.3) is 0 Å². The number of rotatable bonds is 3. The molecular weight excluding hydrogens is 192 g/mol. The van der Waals surface area contributed by atoms with Crippen molar-refractivity contribution >= 4 is 5.97 Å². The van der Waals surface area contributed by atoms with Crippen LogP contribution in [0.2, 0.25) is 0 Å². The molecule has 1 aromatic rings. The number of carboxylic acids is 1. The molecular formula is C11H16N2O2. The maximum Gasteiger partial charge on any atom is 0.356 e. The third-order valence-electron chi connectivity index (χ3n) is 3.24. The standard InChI is InChI=1S/C11H16N2O2/c1-3-8-9(11(14)15)12-13(2)10(8)7-5-4-6-7/h7H,3-6H2,1-2H3,(H,14,15). The second kappa shape index (κ2) is 3.68. The summed E-state index contributed by atoms with van der Waals surface area (Å²) in [5.74, 6) is -0.376. The van der Waals surface area contributed by atoms with Gasteiger partial charge in [0.2, 0.25) is 0 Å². The average molecular weight is 208 g/mol. The Kier molecular flexibility index (Phi) is 2.50. The third-order valence-corrected chi connectivity index (χ3v) is 3.24. The number of hydrogen-bond acceptors (Lipinski definition) is 2. The Morgan fingerprint density at radius 2 is 2.27 bits per heavy atom. The molecule has 1 heterocycles. The van der Waals surface area contributed by atoms with Crippen LogP contribution in [-0.4, -0.2) is 20.9 Å². The summed E-state index contributed by atoms with van der Waals surface area (Å²) in [7, 11) is 1.85. The van der Waals surface area contributed by atoms with Crippen LogP contribution in [0.1, 0.15) is 53.8 Å². The van der Waals surface area contributed by atoms with E-state index in [4.69, 9.17) is 5.11 Å². The zero-order valence-corrected chi connectivity index (χ0v) is 9.16. The minimum Gasteiger partial charge on any atom is -0.476 e. The molecule has 0 spiro atoms. The predicted molar refractivity (Wildman–Crippen MR) is 56.1 cm³/mol. The van der Waals surface area contributed by atoms with Crippen LogP contribution in [0, 0.1) is 0 Å². The van der Waals surface area contributed by atoms with Crippen LogP contribution < -0.4 is 0 Å². The lowest BCUT2D eigenvalue weighted by Gasteiger charge is -2.26. The van der Waals surface area contributed by atoms with Gasteiger partial charge in [0.05, 0.1) is 0 Å². The molecule has 1 saturated carbocycles. The second-order valence-electron chi connectivity index (χ2n) is 4.12. The first-order valence-corrected chi connectivity index (χ1v) is 5.44. The SMILES string of the molecule is CCc1c(C(=O)O)nn(C)c1C1CCC1. The van der Waals surface area contributed by atoms with Gasteiger partial charge in [0, 0.05) is 24.2 Å². The molecule has 0 bridgehead atoms. The number of hydrogen-bond donors (Lipinski definition) is 1. The van der Waals surface area contributed by atoms with Gasteiger partial charge in [-0.3, -0.25) is 4.68 Å². The Morgan fingerprint density at radius 3 is 2.67 bits per heavy atom. The summed E-state index contributed by atoms with van der Waals surface area (Å²) < 4.78 is 1.76. The van der Waals surface area contributed by atoms with Gasteiger partial charge >= 0.3 is 5.97 Å². The van der Waals surface area contributed by atoms with E-state index in [1.807, 2.05) is 14.0 Å². The minimum atomic E-state index is -0.909. The minimum absolute atomic E-state index is 0.238. The topological polar surface area (TPSA) is 55.1 Å². The highest BCUT2D eigenvalue weighted by molar-refractivity contribution is 5.87. The molecule has 2 rings (SSSR count). The van der Waals surface area contributed by atoms with Crippen LogP contribution in [0.3, 0.4) is 0 Å². The lowest BCUT2D eigenvalue weighted by Crippen LogP contribution is -2.14. The molecule has 0 radical (unpaired) electrons. The van der Waals surface area contributed by atoms with Crippen molar-refractivity contribution in [3.8, 4) is 0 Å². The van der Waals surface area contributed by atoms with Crippen molar-refractivity contribution in [1.29, 1.82) is 0 Å². The predicted octanol–water partition coefficient (Wildman–Crippen LogP) is 1.95. The monoisotopic (exact) mass is 208 g/mol. The molecule has 0 saturated heterocycles. The smallest absolute Gasteiger partial charge is 0.356 e. The molecule has 1 aliphatic carbocycles. The summed E-state index contributed by atoms with van der Waals surface area (Å²) in [6, 6.07) is 0. The van der Waals surface area contributed by atoms with E-state index in [-0.39, 0.29) is 5.69 Å². The summed E-state index contributed by atoms with van der Waals surface area (Å²) in [4.78, 5) is 11.0. The van der Waals surface area contributed by atoms with Gasteiger partial charge in [0.25, 0.3) is 0 Å². The first-order valence-electron chi connectivity index (χ1n) is 5.44. The number of carbonyl (C=O) groups is 1. The van der Waals surface area contributed by atoms with E-state index >= 15 is 0 Å². The van der Waals surface area contributed by atoms with Crippen LogP contribution in [0.15, 0.2) is 0 Å². The molecule has 1 N–H and O–H groups in total. The number of carboxylic acid groups (broad SMARTS) is 1. The van der Waals surface area contributed by atoms with Gasteiger partial charge in [-0.25, -0.2) is 4.79 Å². The van der Waals surface area contributed by atoms with E-state index in [2.05, 4.69) is 5.10 Å². The van der Waals surface area contributed by atoms with E-state index in [9.17, 15) is 4.79 Å². The molecule has 0 aromatic carbocycles. The zero-order valence-electron chi connectivity index (χ0n) is 9.16. The highest BCUT2D eigenvalue weighted by Crippen LogP contribution is 2.38. The molecule has 0 amide bonds. The van der Waals surface area contributed by atoms with Crippen molar-refractivity contribution in [1.82, 2.24) is 9.78 Å². The highest BCUT2D eigenvalue weighted by atomic mass is 16.4. The Labute approximate surface area is 88.9 Å². The third kappa shape index (κ3) is 1.54. The largest absolute Gasteiger partial charge is 0.476 e. The first kappa shape index (κ1) is 10.2. The van der Waals surface area contributed by atoms with Crippen LogP contribution in [0.5, 0.6) is 0 Å². The molecule has 1 fully saturated rings. The molecule has 0 aliphatic heterocycles. The number of aromatic carboxylic acids is 1. The fourth-order valence-corrected chi connectivity index (χ4v) is 2.29. The highest BCUT2D eigenvalue weighted by Gasteiger charge is 2.29. The van der Waals surface area contributed by atoms with E-state index in [1.54, 1.807) is 4.68 Å². The normalized spacial score (nSPS) is 16.4. The zero-order chi connectivity index (χ0) is 11.0. The van der Waals surface area contributed by atoms with Gasteiger partial charge in [-0.1, -0.05) is 13.3 Å². The van der Waals surface area contributed by atoms with Crippen molar-refractivity contribution in [2.75, 3.05) is 0 Å². The fraction of sp³-hybridized carbons (Fsp3) is 0.636. The first-order chi connectivity index (χ1) is 7.15. The number of aryl methyl sites for hydroxylation is 1. The van der Waals surface area contributed by atoms with Crippen molar-refractivity contribution in [3.63, 3.8) is 0 Å². The van der Waals surface area contributed by atoms with Gasteiger partial charge in [0.1, 0.15) is 0 Å². The molecule has 1 aliphatic rings. The summed E-state index contributed by atoms with van der Waals surface area (Å²) in [6.45, 7) is 1.99. The number of aromatic nitrogens is 2. The second-order valence-corrected chi connectivity index (χ2v) is 4.12. The Balaban J connectivity index is 2.47. The Hall–Kier alpha value is -1.32. The molecule has 4 heteroatoms. The Morgan fingerprint density at radius 1 is 1.60 bits per heavy atom. The summed E-state index contributed by atoms with van der Waals surface area (Å²) in [6.07, 6.45) is 4.35. The molecule has 1 aromatic heterocycles. The maximum atomic E-state index is 11.0. The lowest BCUT2D eigenvalue weighted by molar-refractivity contribution is 0.0688. The van der Waals surface area contributed by atoms with Gasteiger partial charge in [-0.15, -0.1) is 0 Å². The molecule has 0 unspecified atom stereocenters. The van der Waals surface area contributed by atoms with Crippen LogP contribution >= 0.6 is 0 Å². The van der Waals surface area contributed by atoms with Crippen LogP contribution in [-0.2, 0) is 13.5 Å². The molecule has 82 valence electrons. The van der Waals surface area contributed by atoms with E-state index in [0.717, 1.165) is 17.7 Å². The Bertz CT molecular complexity index is 392. The van der Waals surface area contributed by atoms with E-state index in [0.29, 0.717) is 5.92 Å². The molecule has 4 nitrogen and oxygen atoms in total. The maximum absolute atomic E-state index is 11.0. The molecule has 0 atom stereocenters. The molecule has 15 heavy (non-hydrogen) atoms. The fourth-order valence-electron chi connectivity index (χ4n) is 2.29. The van der Waals surface area contributed by atoms with Crippen LogP contribution in [0.4, 0.5) is 0 Å². The van der Waals surface area contributed by atoms with Gasteiger partial charge in [0.15, 0.2) is 5.69 Å². The van der Waals surface area contributed by atoms with E-state index < -0.39 is 5.97 Å². The summed E-state index contributed by atoms with van der Waals surface area (Å²) in [5.41, 5.74) is 2.30. The number of nitrogens with zero attached hydrogens (tertiary/aromatic N) is 2. The van der Waals surface area contributed by atoms with Crippen molar-refractivity contribution in [3.05, 3.63) is 17.0 Å². The summed E-state index contributed by atoms with van der Waals surface area (Å²) in [5, 5.41) is 13.1. The quantitative estimate of drug-likeness (QED) is 0.826. The van der Waals surface area contributed by atoms with Gasteiger partial charge < -0.3 is 5.11 Å². The van der Waals surface area contributed by atoms with Gasteiger partial charge in [-0.2, -0.15) is 5.10 Å². The summed E-state index contributed by atoms with van der Waals surface area (Å²) >= 11 is 0.